The third-order valence-corrected chi connectivity index (χ3v) is 6.00. The molecular formula is C24H41N3O. The van der Waals surface area contributed by atoms with Crippen molar-refractivity contribution in [1.29, 1.82) is 0 Å². The predicted molar refractivity (Wildman–Crippen MR) is 119 cm³/mol. The Bertz CT molecular complexity index is 612. The first kappa shape index (κ1) is 22.9. The molecule has 0 bridgehead atoms. The topological polar surface area (TPSA) is 58.4 Å². The van der Waals surface area contributed by atoms with Crippen LogP contribution in [0.1, 0.15) is 74.1 Å². The molecule has 4 nitrogen and oxygen atoms in total. The van der Waals surface area contributed by atoms with Crippen molar-refractivity contribution in [3.8, 4) is 0 Å². The highest BCUT2D eigenvalue weighted by Gasteiger charge is 2.19. The second-order valence-electron chi connectivity index (χ2n) is 8.61. The first-order chi connectivity index (χ1) is 13.5. The van der Waals surface area contributed by atoms with Gasteiger partial charge in [0.05, 0.1) is 6.04 Å². The van der Waals surface area contributed by atoms with Gasteiger partial charge in [0, 0.05) is 0 Å². The summed E-state index contributed by atoms with van der Waals surface area (Å²) in [5.41, 5.74) is 11.9. The Balaban J connectivity index is 1.98. The minimum atomic E-state index is -0.231. The number of carbonyl (C=O) groups excluding carboxylic acids is 1. The highest BCUT2D eigenvalue weighted by atomic mass is 16.1. The summed E-state index contributed by atoms with van der Waals surface area (Å²) in [5.74, 6) is -0.227. The third-order valence-electron chi connectivity index (χ3n) is 6.00. The van der Waals surface area contributed by atoms with Gasteiger partial charge >= 0.3 is 0 Å². The summed E-state index contributed by atoms with van der Waals surface area (Å²) >= 11 is 0. The lowest BCUT2D eigenvalue weighted by molar-refractivity contribution is -0.120. The van der Waals surface area contributed by atoms with Gasteiger partial charge in [0.15, 0.2) is 0 Å². The SMILES string of the molecule is CCCCCc1ccc(CC[C@H](NCCCN(C)C)C(N)=O)c2c1CCCC2. The number of aryl methyl sites for hydroxylation is 2. The predicted octanol–water partition coefficient (Wildman–Crippen LogP) is 3.63. The van der Waals surface area contributed by atoms with Crippen LogP contribution in [0.2, 0.25) is 0 Å². The number of rotatable bonds is 13. The van der Waals surface area contributed by atoms with Crippen molar-refractivity contribution in [2.75, 3.05) is 27.2 Å². The monoisotopic (exact) mass is 387 g/mol. The minimum Gasteiger partial charge on any atom is -0.368 e. The summed E-state index contributed by atoms with van der Waals surface area (Å²) < 4.78 is 0. The fourth-order valence-corrected chi connectivity index (χ4v) is 4.37. The zero-order chi connectivity index (χ0) is 20.4. The molecule has 1 atom stereocenters. The number of carbonyl (C=O) groups is 1. The van der Waals surface area contributed by atoms with Crippen LogP contribution in [0.3, 0.4) is 0 Å². The number of fused-ring (bicyclic) bond motifs is 1. The van der Waals surface area contributed by atoms with Crippen molar-refractivity contribution in [1.82, 2.24) is 10.2 Å². The van der Waals surface area contributed by atoms with Crippen LogP contribution in [0.4, 0.5) is 0 Å². The number of hydrogen-bond acceptors (Lipinski definition) is 3. The van der Waals surface area contributed by atoms with Gasteiger partial charge in [-0.1, -0.05) is 31.9 Å². The second kappa shape index (κ2) is 12.2. The fraction of sp³-hybridized carbons (Fsp3) is 0.708. The van der Waals surface area contributed by atoms with E-state index in [1.807, 2.05) is 0 Å². The highest BCUT2D eigenvalue weighted by Crippen LogP contribution is 2.29. The van der Waals surface area contributed by atoms with Crippen molar-refractivity contribution in [3.05, 3.63) is 34.4 Å². The van der Waals surface area contributed by atoms with Gasteiger partial charge in [0.2, 0.25) is 5.91 Å². The van der Waals surface area contributed by atoms with Crippen molar-refractivity contribution < 1.29 is 4.79 Å². The highest BCUT2D eigenvalue weighted by molar-refractivity contribution is 5.79. The summed E-state index contributed by atoms with van der Waals surface area (Å²) in [5, 5.41) is 3.37. The Hall–Kier alpha value is -1.39. The lowest BCUT2D eigenvalue weighted by atomic mass is 9.82. The molecule has 1 aliphatic rings. The first-order valence-electron chi connectivity index (χ1n) is 11.3. The molecule has 1 amide bonds. The molecule has 0 saturated heterocycles. The van der Waals surface area contributed by atoms with Crippen LogP contribution in [0.15, 0.2) is 12.1 Å². The van der Waals surface area contributed by atoms with Gasteiger partial charge in [-0.15, -0.1) is 0 Å². The van der Waals surface area contributed by atoms with E-state index < -0.39 is 0 Å². The van der Waals surface area contributed by atoms with Gasteiger partial charge in [-0.2, -0.15) is 0 Å². The van der Waals surface area contributed by atoms with Gasteiger partial charge in [-0.3, -0.25) is 4.79 Å². The molecule has 0 heterocycles. The van der Waals surface area contributed by atoms with Crippen LogP contribution in [0, 0.1) is 0 Å². The molecule has 0 saturated carbocycles. The molecule has 4 heteroatoms. The van der Waals surface area contributed by atoms with Crippen LogP contribution in [-0.4, -0.2) is 44.0 Å². The van der Waals surface area contributed by atoms with Crippen molar-refractivity contribution in [2.24, 2.45) is 5.73 Å². The van der Waals surface area contributed by atoms with Crippen LogP contribution < -0.4 is 11.1 Å². The summed E-state index contributed by atoms with van der Waals surface area (Å²) in [7, 11) is 4.14. The summed E-state index contributed by atoms with van der Waals surface area (Å²) in [6.45, 7) is 4.12. The molecule has 1 aliphatic carbocycles. The van der Waals surface area contributed by atoms with E-state index in [2.05, 4.69) is 43.4 Å². The average molecular weight is 388 g/mol. The van der Waals surface area contributed by atoms with E-state index in [0.717, 1.165) is 32.4 Å². The van der Waals surface area contributed by atoms with Gasteiger partial charge in [-0.25, -0.2) is 0 Å². The Labute approximate surface area is 172 Å². The largest absolute Gasteiger partial charge is 0.368 e. The molecule has 0 radical (unpaired) electrons. The van der Waals surface area contributed by atoms with Crippen LogP contribution in [0.25, 0.3) is 0 Å². The van der Waals surface area contributed by atoms with E-state index in [1.54, 1.807) is 16.7 Å². The van der Waals surface area contributed by atoms with E-state index >= 15 is 0 Å². The third kappa shape index (κ3) is 7.21. The van der Waals surface area contributed by atoms with Gasteiger partial charge < -0.3 is 16.0 Å². The fourth-order valence-electron chi connectivity index (χ4n) is 4.37. The Morgan fingerprint density at radius 2 is 1.71 bits per heavy atom. The summed E-state index contributed by atoms with van der Waals surface area (Å²) in [4.78, 5) is 14.0. The van der Waals surface area contributed by atoms with Crippen LogP contribution in [0.5, 0.6) is 0 Å². The normalized spacial score (nSPS) is 14.9. The molecule has 3 N–H and O–H groups in total. The van der Waals surface area contributed by atoms with E-state index in [-0.39, 0.29) is 11.9 Å². The lowest BCUT2D eigenvalue weighted by Crippen LogP contribution is -2.42. The maximum absolute atomic E-state index is 11.9. The Morgan fingerprint density at radius 1 is 1.07 bits per heavy atom. The van der Waals surface area contributed by atoms with E-state index in [1.165, 1.54) is 56.9 Å². The molecule has 1 aromatic carbocycles. The number of nitrogens with one attached hydrogen (secondary N) is 1. The van der Waals surface area contributed by atoms with Gasteiger partial charge in [0.25, 0.3) is 0 Å². The molecule has 2 rings (SSSR count). The van der Waals surface area contributed by atoms with E-state index in [0.29, 0.717) is 0 Å². The Kier molecular flexibility index (Phi) is 10.0. The first-order valence-corrected chi connectivity index (χ1v) is 11.3. The molecular weight excluding hydrogens is 346 g/mol. The molecule has 0 spiro atoms. The molecule has 158 valence electrons. The number of benzene rings is 1. The second-order valence-corrected chi connectivity index (χ2v) is 8.61. The zero-order valence-corrected chi connectivity index (χ0v) is 18.4. The summed E-state index contributed by atoms with van der Waals surface area (Å²) in [6, 6.07) is 4.46. The molecule has 1 aromatic rings. The number of unbranched alkanes of at least 4 members (excludes halogenated alkanes) is 2. The van der Waals surface area contributed by atoms with Crippen LogP contribution >= 0.6 is 0 Å². The molecule has 0 fully saturated rings. The molecule has 0 aliphatic heterocycles. The zero-order valence-electron chi connectivity index (χ0n) is 18.4. The van der Waals surface area contributed by atoms with Gasteiger partial charge in [-0.05, 0) is 107 Å². The molecule has 28 heavy (non-hydrogen) atoms. The van der Waals surface area contributed by atoms with Crippen molar-refractivity contribution in [3.63, 3.8) is 0 Å². The van der Waals surface area contributed by atoms with Crippen LogP contribution in [-0.2, 0) is 30.5 Å². The Morgan fingerprint density at radius 3 is 2.29 bits per heavy atom. The minimum absolute atomic E-state index is 0.227. The number of primary amides is 1. The van der Waals surface area contributed by atoms with E-state index in [9.17, 15) is 4.79 Å². The molecule has 0 aromatic heterocycles. The maximum atomic E-state index is 11.9. The standard InChI is InChI=1S/C24H41N3O/c1-4-5-6-10-19-13-14-20(22-12-8-7-11-21(19)22)15-16-23(24(25)28)26-17-9-18-27(2)3/h13-14,23,26H,4-12,15-18H2,1-3H3,(H2,25,28)/t23-/m0/s1. The number of nitrogens with two attached hydrogens (primary N) is 1. The maximum Gasteiger partial charge on any atom is 0.234 e. The lowest BCUT2D eigenvalue weighted by Gasteiger charge is -2.24. The van der Waals surface area contributed by atoms with Gasteiger partial charge in [0.1, 0.15) is 0 Å². The average Bonchev–Trinajstić information content (AvgIpc) is 2.68. The number of nitrogens with zero attached hydrogens (tertiary/aromatic N) is 1. The summed E-state index contributed by atoms with van der Waals surface area (Å²) in [6.07, 6.45) is 12.9. The quantitative estimate of drug-likeness (QED) is 0.508. The number of hydrogen-bond donors (Lipinski definition) is 2. The molecule has 0 unspecified atom stereocenters. The van der Waals surface area contributed by atoms with Crippen molar-refractivity contribution in [2.45, 2.75) is 83.6 Å². The number of amides is 1. The van der Waals surface area contributed by atoms with Crippen molar-refractivity contribution >= 4 is 5.91 Å². The van der Waals surface area contributed by atoms with E-state index in [4.69, 9.17) is 5.73 Å². The smallest absolute Gasteiger partial charge is 0.234 e.